The van der Waals surface area contributed by atoms with Crippen molar-refractivity contribution in [3.8, 4) is 27.7 Å². The fraction of sp³-hybridized carbons (Fsp3) is 0.227. The summed E-state index contributed by atoms with van der Waals surface area (Å²) in [6.07, 6.45) is 0. The van der Waals surface area contributed by atoms with Crippen LogP contribution in [0.25, 0.3) is 22.0 Å². The van der Waals surface area contributed by atoms with E-state index in [-0.39, 0.29) is 0 Å². The van der Waals surface area contributed by atoms with E-state index in [4.69, 9.17) is 9.72 Å². The molecule has 7 heteroatoms. The molecule has 0 radical (unpaired) electrons. The Morgan fingerprint density at radius 1 is 1.00 bits per heavy atom. The molecule has 0 N–H and O–H groups in total. The van der Waals surface area contributed by atoms with Crippen molar-refractivity contribution < 1.29 is 4.74 Å². The van der Waals surface area contributed by atoms with Crippen LogP contribution in [0.2, 0.25) is 0 Å². The van der Waals surface area contributed by atoms with Gasteiger partial charge in [0.2, 0.25) is 0 Å². The number of thioether (sulfide) groups is 1. The molecule has 0 saturated carbocycles. The first-order chi connectivity index (χ1) is 14.3. The van der Waals surface area contributed by atoms with E-state index in [0.29, 0.717) is 6.61 Å². The molecule has 29 heavy (non-hydrogen) atoms. The molecule has 0 bridgehead atoms. The molecule has 148 valence electrons. The van der Waals surface area contributed by atoms with Gasteiger partial charge in [-0.3, -0.25) is 0 Å². The molecule has 0 aliphatic rings. The second-order valence-corrected chi connectivity index (χ2v) is 8.08. The smallest absolute Gasteiger partial charge is 0.191 e. The van der Waals surface area contributed by atoms with E-state index in [1.807, 2.05) is 49.4 Å². The lowest BCUT2D eigenvalue weighted by Gasteiger charge is -2.11. The standard InChI is InChI=1S/C22H22N4OS2/c1-3-26-20(18-12-8-9-13-19(18)27-4-2)24-25-22(26)29-15-17-14-28-21(23-17)16-10-6-5-7-11-16/h5-14H,3-4,15H2,1-2H3. The van der Waals surface area contributed by atoms with Crippen molar-refractivity contribution >= 4 is 23.1 Å². The van der Waals surface area contributed by atoms with Crippen molar-refractivity contribution in [2.75, 3.05) is 6.61 Å². The van der Waals surface area contributed by atoms with Gasteiger partial charge in [-0.05, 0) is 26.0 Å². The number of nitrogens with zero attached hydrogens (tertiary/aromatic N) is 4. The molecule has 2 aromatic carbocycles. The molecule has 0 aliphatic carbocycles. The van der Waals surface area contributed by atoms with Gasteiger partial charge in [0.25, 0.3) is 0 Å². The summed E-state index contributed by atoms with van der Waals surface area (Å²) in [5.74, 6) is 2.43. The van der Waals surface area contributed by atoms with Gasteiger partial charge in [-0.25, -0.2) is 4.98 Å². The van der Waals surface area contributed by atoms with E-state index >= 15 is 0 Å². The molecule has 0 spiro atoms. The Morgan fingerprint density at radius 3 is 2.59 bits per heavy atom. The largest absolute Gasteiger partial charge is 0.493 e. The predicted molar refractivity (Wildman–Crippen MR) is 119 cm³/mol. The summed E-state index contributed by atoms with van der Waals surface area (Å²) in [4.78, 5) is 4.77. The molecule has 0 unspecified atom stereocenters. The molecule has 4 rings (SSSR count). The van der Waals surface area contributed by atoms with Crippen molar-refractivity contribution in [2.24, 2.45) is 0 Å². The zero-order valence-corrected chi connectivity index (χ0v) is 18.0. The molecule has 5 nitrogen and oxygen atoms in total. The van der Waals surface area contributed by atoms with Gasteiger partial charge in [-0.2, -0.15) is 0 Å². The fourth-order valence-corrected chi connectivity index (χ4v) is 4.86. The monoisotopic (exact) mass is 422 g/mol. The quantitative estimate of drug-likeness (QED) is 0.337. The van der Waals surface area contributed by atoms with E-state index < -0.39 is 0 Å². The van der Waals surface area contributed by atoms with Crippen LogP contribution < -0.4 is 4.74 Å². The molecule has 0 aliphatic heterocycles. The summed E-state index contributed by atoms with van der Waals surface area (Å²) in [6.45, 7) is 5.50. The zero-order valence-electron chi connectivity index (χ0n) is 16.4. The van der Waals surface area contributed by atoms with E-state index in [2.05, 4.69) is 39.2 Å². The van der Waals surface area contributed by atoms with Crippen molar-refractivity contribution in [3.05, 3.63) is 65.7 Å². The number of ether oxygens (including phenoxy) is 1. The predicted octanol–water partition coefficient (Wildman–Crippen LogP) is 5.78. The first kappa shape index (κ1) is 19.7. The first-order valence-corrected chi connectivity index (χ1v) is 11.4. The van der Waals surface area contributed by atoms with Crippen LogP contribution in [0.1, 0.15) is 19.5 Å². The van der Waals surface area contributed by atoms with Gasteiger partial charge in [0.1, 0.15) is 10.8 Å². The van der Waals surface area contributed by atoms with Crippen molar-refractivity contribution in [1.29, 1.82) is 0 Å². The Labute approximate surface area is 178 Å². The van der Waals surface area contributed by atoms with Gasteiger partial charge < -0.3 is 9.30 Å². The second-order valence-electron chi connectivity index (χ2n) is 6.28. The van der Waals surface area contributed by atoms with Crippen LogP contribution in [0.15, 0.2) is 65.1 Å². The van der Waals surface area contributed by atoms with E-state index in [1.54, 1.807) is 23.1 Å². The van der Waals surface area contributed by atoms with Gasteiger partial charge in [-0.1, -0.05) is 54.2 Å². The number of hydrogen-bond acceptors (Lipinski definition) is 6. The summed E-state index contributed by atoms with van der Waals surface area (Å²) in [6, 6.07) is 18.3. The maximum absolute atomic E-state index is 5.78. The minimum Gasteiger partial charge on any atom is -0.493 e. The van der Waals surface area contributed by atoms with Gasteiger partial charge in [0, 0.05) is 23.2 Å². The Kier molecular flexibility index (Phi) is 6.27. The highest BCUT2D eigenvalue weighted by Gasteiger charge is 2.17. The SMILES string of the molecule is CCOc1ccccc1-c1nnc(SCc2csc(-c3ccccc3)n2)n1CC. The van der Waals surface area contributed by atoms with Crippen LogP contribution in [0.5, 0.6) is 5.75 Å². The zero-order chi connectivity index (χ0) is 20.1. The Hall–Kier alpha value is -2.64. The molecule has 0 amide bonds. The number of aromatic nitrogens is 4. The van der Waals surface area contributed by atoms with Crippen LogP contribution in [0.4, 0.5) is 0 Å². The van der Waals surface area contributed by atoms with E-state index in [1.165, 1.54) is 0 Å². The molecular weight excluding hydrogens is 400 g/mol. The van der Waals surface area contributed by atoms with Crippen molar-refractivity contribution in [2.45, 2.75) is 31.3 Å². The number of hydrogen-bond donors (Lipinski definition) is 0. The summed E-state index contributed by atoms with van der Waals surface area (Å²) < 4.78 is 7.91. The fourth-order valence-electron chi connectivity index (χ4n) is 3.04. The lowest BCUT2D eigenvalue weighted by Crippen LogP contribution is -2.02. The summed E-state index contributed by atoms with van der Waals surface area (Å²) in [5, 5.41) is 13.0. The normalized spacial score (nSPS) is 11.0. The topological polar surface area (TPSA) is 52.8 Å². The third kappa shape index (κ3) is 4.36. The third-order valence-corrected chi connectivity index (χ3v) is 6.32. The highest BCUT2D eigenvalue weighted by molar-refractivity contribution is 7.98. The molecule has 0 fully saturated rings. The van der Waals surface area contributed by atoms with Crippen LogP contribution in [-0.2, 0) is 12.3 Å². The first-order valence-electron chi connectivity index (χ1n) is 9.58. The molecule has 0 atom stereocenters. The van der Waals surface area contributed by atoms with E-state index in [0.717, 1.165) is 50.9 Å². The average Bonchev–Trinajstić information content (AvgIpc) is 3.40. The van der Waals surface area contributed by atoms with Crippen molar-refractivity contribution in [3.63, 3.8) is 0 Å². The number of rotatable bonds is 8. The maximum atomic E-state index is 5.78. The highest BCUT2D eigenvalue weighted by Crippen LogP contribution is 2.32. The summed E-state index contributed by atoms with van der Waals surface area (Å²) in [7, 11) is 0. The molecule has 0 saturated heterocycles. The number of para-hydroxylation sites is 1. The Balaban J connectivity index is 1.53. The van der Waals surface area contributed by atoms with Crippen LogP contribution in [-0.4, -0.2) is 26.4 Å². The maximum Gasteiger partial charge on any atom is 0.191 e. The van der Waals surface area contributed by atoms with Crippen LogP contribution >= 0.6 is 23.1 Å². The van der Waals surface area contributed by atoms with Gasteiger partial charge in [-0.15, -0.1) is 21.5 Å². The average molecular weight is 423 g/mol. The minimum atomic E-state index is 0.618. The summed E-state index contributed by atoms with van der Waals surface area (Å²) in [5.41, 5.74) is 3.18. The second kappa shape index (κ2) is 9.24. The molecular formula is C22H22N4OS2. The van der Waals surface area contributed by atoms with Gasteiger partial charge >= 0.3 is 0 Å². The lowest BCUT2D eigenvalue weighted by atomic mass is 10.2. The third-order valence-electron chi connectivity index (χ3n) is 4.38. The highest BCUT2D eigenvalue weighted by atomic mass is 32.2. The van der Waals surface area contributed by atoms with Crippen LogP contribution in [0.3, 0.4) is 0 Å². The minimum absolute atomic E-state index is 0.618. The van der Waals surface area contributed by atoms with E-state index in [9.17, 15) is 0 Å². The number of thiazole rings is 1. The van der Waals surface area contributed by atoms with Gasteiger partial charge in [0.15, 0.2) is 11.0 Å². The van der Waals surface area contributed by atoms with Gasteiger partial charge in [0.05, 0.1) is 17.9 Å². The van der Waals surface area contributed by atoms with Crippen LogP contribution in [0, 0.1) is 0 Å². The number of benzene rings is 2. The molecule has 2 heterocycles. The van der Waals surface area contributed by atoms with Crippen molar-refractivity contribution in [1.82, 2.24) is 19.7 Å². The molecule has 2 aromatic heterocycles. The summed E-state index contributed by atoms with van der Waals surface area (Å²) >= 11 is 3.33. The lowest BCUT2D eigenvalue weighted by molar-refractivity contribution is 0.341. The molecule has 4 aromatic rings. The Morgan fingerprint density at radius 2 is 1.79 bits per heavy atom. The Bertz CT molecular complexity index is 1080.